The van der Waals surface area contributed by atoms with Crippen LogP contribution in [0.2, 0.25) is 5.02 Å². The average molecular weight is 710 g/mol. The van der Waals surface area contributed by atoms with Crippen LogP contribution in [0, 0.1) is 13.8 Å². The number of ether oxygens (including phenoxy) is 1. The lowest BCUT2D eigenvalue weighted by atomic mass is 9.91. The van der Waals surface area contributed by atoms with Gasteiger partial charge in [0.15, 0.2) is 0 Å². The average Bonchev–Trinajstić information content (AvgIpc) is 3.55. The molecule has 7 nitrogen and oxygen atoms in total. The maximum absolute atomic E-state index is 14.7. The normalized spacial score (nSPS) is 20.7. The van der Waals surface area contributed by atoms with Crippen LogP contribution in [0.15, 0.2) is 76.2 Å². The second-order valence-electron chi connectivity index (χ2n) is 12.0. The number of fused-ring (bicyclic) bond motifs is 1. The Kier molecular flexibility index (Phi) is 9.92. The van der Waals surface area contributed by atoms with Gasteiger partial charge in [0, 0.05) is 63.2 Å². The Hall–Kier alpha value is -2.82. The van der Waals surface area contributed by atoms with Gasteiger partial charge in [0.1, 0.15) is 4.75 Å². The highest BCUT2D eigenvalue weighted by atomic mass is 79.9. The zero-order chi connectivity index (χ0) is 31.6. The van der Waals surface area contributed by atoms with Gasteiger partial charge in [-0.3, -0.25) is 14.5 Å². The number of nitrogens with one attached hydrogen (secondary N) is 2. The van der Waals surface area contributed by atoms with Crippen LogP contribution < -0.4 is 5.32 Å². The third-order valence-corrected chi connectivity index (χ3v) is 11.1. The number of morpholine rings is 1. The van der Waals surface area contributed by atoms with Crippen molar-refractivity contribution in [1.82, 2.24) is 20.1 Å². The van der Waals surface area contributed by atoms with Crippen molar-refractivity contribution in [3.63, 3.8) is 0 Å². The topological polar surface area (TPSA) is 77.7 Å². The number of aryl methyl sites for hydroxylation is 2. The Bertz CT molecular complexity index is 1690. The SMILES string of the molecule is Cc1ccc(S[C@@]2(C(=O)NCCCN3CCOCC3)CC(=O)N(Cc3ccc(Br)cc3)[C@H]2c2c[nH]c3cc(Cl)ccc23)c(C)c1. The largest absolute Gasteiger partial charge is 0.379 e. The summed E-state index contributed by atoms with van der Waals surface area (Å²) in [4.78, 5) is 37.5. The molecule has 0 spiro atoms. The van der Waals surface area contributed by atoms with E-state index in [0.29, 0.717) is 18.1 Å². The van der Waals surface area contributed by atoms with Crippen LogP contribution in [0.1, 0.15) is 41.1 Å². The van der Waals surface area contributed by atoms with Crippen LogP contribution in [-0.2, 0) is 20.9 Å². The summed E-state index contributed by atoms with van der Waals surface area (Å²) < 4.78 is 5.35. The van der Waals surface area contributed by atoms with Gasteiger partial charge in [-0.1, -0.05) is 63.4 Å². The fraction of sp³-hybridized carbons (Fsp3) is 0.371. The maximum atomic E-state index is 14.7. The van der Waals surface area contributed by atoms with Gasteiger partial charge in [-0.25, -0.2) is 0 Å². The molecule has 3 heterocycles. The zero-order valence-corrected chi connectivity index (χ0v) is 28.7. The molecule has 2 amide bonds. The maximum Gasteiger partial charge on any atom is 0.239 e. The number of aromatic nitrogens is 1. The first kappa shape index (κ1) is 32.1. The van der Waals surface area contributed by atoms with Crippen molar-refractivity contribution in [3.05, 3.63) is 98.6 Å². The lowest BCUT2D eigenvalue weighted by Gasteiger charge is -2.37. The molecule has 4 aromatic rings. The first-order valence-electron chi connectivity index (χ1n) is 15.4. The number of rotatable bonds is 10. The molecule has 1 aromatic heterocycles. The van der Waals surface area contributed by atoms with Gasteiger partial charge < -0.3 is 19.9 Å². The predicted octanol–water partition coefficient (Wildman–Crippen LogP) is 7.04. The van der Waals surface area contributed by atoms with Crippen LogP contribution in [0.4, 0.5) is 0 Å². The van der Waals surface area contributed by atoms with Crippen molar-refractivity contribution in [3.8, 4) is 0 Å². The Labute approximate surface area is 282 Å². The molecule has 2 N–H and O–H groups in total. The Balaban J connectivity index is 1.41. The molecule has 10 heteroatoms. The number of aromatic amines is 1. The van der Waals surface area contributed by atoms with E-state index in [-0.39, 0.29) is 18.2 Å². The molecule has 6 rings (SSSR count). The van der Waals surface area contributed by atoms with Crippen molar-refractivity contribution in [1.29, 1.82) is 0 Å². The van der Waals surface area contributed by atoms with E-state index < -0.39 is 10.8 Å². The molecule has 236 valence electrons. The number of carbonyl (C=O) groups excluding carboxylic acids is 2. The summed E-state index contributed by atoms with van der Waals surface area (Å²) >= 11 is 11.4. The van der Waals surface area contributed by atoms with Crippen LogP contribution >= 0.6 is 39.3 Å². The van der Waals surface area contributed by atoms with Gasteiger partial charge in [0.25, 0.3) is 0 Å². The quantitative estimate of drug-likeness (QED) is 0.173. The molecule has 2 saturated heterocycles. The van der Waals surface area contributed by atoms with E-state index in [2.05, 4.69) is 63.2 Å². The smallest absolute Gasteiger partial charge is 0.239 e. The fourth-order valence-electron chi connectivity index (χ4n) is 6.48. The second kappa shape index (κ2) is 13.9. The number of likely N-dealkylation sites (tertiary alicyclic amines) is 1. The Morgan fingerprint density at radius 1 is 1.11 bits per heavy atom. The first-order valence-corrected chi connectivity index (χ1v) is 17.4. The standard InChI is InChI=1S/C35H38BrClN4O3S/c1-23-4-11-31(24(2)18-23)45-35(34(43)38-12-3-13-40-14-16-44-17-15-40)20-32(42)41(22-25-5-7-26(36)8-6-25)33(35)29-21-39-30-19-27(37)9-10-28(29)30/h4-11,18-19,21,33,39H,3,12-17,20,22H2,1-2H3,(H,38,43)/t33-,35-/m0/s1. The first-order chi connectivity index (χ1) is 21.7. The molecular formula is C35H38BrClN4O3S. The van der Waals surface area contributed by atoms with Crippen molar-refractivity contribution >= 4 is 62.0 Å². The summed E-state index contributed by atoms with van der Waals surface area (Å²) in [6.07, 6.45) is 2.85. The van der Waals surface area contributed by atoms with Crippen molar-refractivity contribution in [2.75, 3.05) is 39.4 Å². The van der Waals surface area contributed by atoms with E-state index in [4.69, 9.17) is 16.3 Å². The number of amides is 2. The van der Waals surface area contributed by atoms with E-state index in [9.17, 15) is 9.59 Å². The van der Waals surface area contributed by atoms with Gasteiger partial charge in [-0.2, -0.15) is 0 Å². The summed E-state index contributed by atoms with van der Waals surface area (Å²) in [5.41, 5.74) is 5.02. The van der Waals surface area contributed by atoms with Gasteiger partial charge >= 0.3 is 0 Å². The van der Waals surface area contributed by atoms with Gasteiger partial charge in [0.05, 0.1) is 25.7 Å². The summed E-state index contributed by atoms with van der Waals surface area (Å²) in [6, 6.07) is 19.5. The molecule has 2 fully saturated rings. The summed E-state index contributed by atoms with van der Waals surface area (Å²) in [5, 5.41) is 4.86. The highest BCUT2D eigenvalue weighted by Crippen LogP contribution is 2.55. The van der Waals surface area contributed by atoms with E-state index in [1.54, 1.807) is 0 Å². The van der Waals surface area contributed by atoms with Crippen LogP contribution in [0.5, 0.6) is 0 Å². The predicted molar refractivity (Wildman–Crippen MR) is 185 cm³/mol. The third kappa shape index (κ3) is 6.98. The molecule has 0 saturated carbocycles. The number of nitrogens with zero attached hydrogens (tertiary/aromatic N) is 2. The minimum atomic E-state index is -1.11. The highest BCUT2D eigenvalue weighted by molar-refractivity contribution is 9.10. The van der Waals surface area contributed by atoms with Crippen molar-refractivity contribution < 1.29 is 14.3 Å². The molecule has 0 aliphatic carbocycles. The minimum absolute atomic E-state index is 0.0491. The molecule has 45 heavy (non-hydrogen) atoms. The third-order valence-electron chi connectivity index (χ3n) is 8.77. The molecule has 2 atom stereocenters. The monoisotopic (exact) mass is 708 g/mol. The van der Waals surface area contributed by atoms with E-state index in [1.165, 1.54) is 11.8 Å². The fourth-order valence-corrected chi connectivity index (χ4v) is 8.39. The van der Waals surface area contributed by atoms with Gasteiger partial charge in [-0.15, -0.1) is 11.8 Å². The summed E-state index contributed by atoms with van der Waals surface area (Å²) in [6.45, 7) is 9.26. The van der Waals surface area contributed by atoms with E-state index >= 15 is 0 Å². The van der Waals surface area contributed by atoms with E-state index in [1.807, 2.05) is 53.6 Å². The minimum Gasteiger partial charge on any atom is -0.379 e. The lowest BCUT2D eigenvalue weighted by molar-refractivity contribution is -0.129. The number of thioether (sulfide) groups is 1. The van der Waals surface area contributed by atoms with Gasteiger partial charge in [-0.05, 0) is 68.3 Å². The molecule has 0 unspecified atom stereocenters. The van der Waals surface area contributed by atoms with E-state index in [0.717, 1.165) is 81.8 Å². The molecule has 0 bridgehead atoms. The van der Waals surface area contributed by atoms with Crippen molar-refractivity contribution in [2.45, 2.75) is 48.9 Å². The number of halogens is 2. The Morgan fingerprint density at radius 3 is 2.64 bits per heavy atom. The van der Waals surface area contributed by atoms with Crippen molar-refractivity contribution in [2.24, 2.45) is 0 Å². The summed E-state index contributed by atoms with van der Waals surface area (Å²) in [5.74, 6) is -0.165. The number of hydrogen-bond acceptors (Lipinski definition) is 5. The van der Waals surface area contributed by atoms with Crippen LogP contribution in [0.3, 0.4) is 0 Å². The molecule has 3 aromatic carbocycles. The molecule has 2 aliphatic rings. The molecule has 2 aliphatic heterocycles. The summed E-state index contributed by atoms with van der Waals surface area (Å²) in [7, 11) is 0. The molecular weight excluding hydrogens is 672 g/mol. The number of carbonyl (C=O) groups is 2. The molecule has 0 radical (unpaired) electrons. The van der Waals surface area contributed by atoms with Gasteiger partial charge in [0.2, 0.25) is 11.8 Å². The highest BCUT2D eigenvalue weighted by Gasteiger charge is 2.58. The lowest BCUT2D eigenvalue weighted by Crippen LogP contribution is -2.49. The number of H-pyrrole nitrogens is 1. The number of hydrogen-bond donors (Lipinski definition) is 2. The second-order valence-corrected chi connectivity index (χ2v) is 14.7. The zero-order valence-electron chi connectivity index (χ0n) is 25.6. The Morgan fingerprint density at radius 2 is 1.89 bits per heavy atom. The number of benzene rings is 3. The van der Waals surface area contributed by atoms with Crippen LogP contribution in [0.25, 0.3) is 10.9 Å². The van der Waals surface area contributed by atoms with Crippen LogP contribution in [-0.4, -0.2) is 70.7 Å².